The van der Waals surface area contributed by atoms with E-state index >= 15 is 0 Å². The van der Waals surface area contributed by atoms with Gasteiger partial charge >= 0.3 is 0 Å². The molecule has 1 fully saturated rings. The molecule has 0 aromatic heterocycles. The predicted octanol–water partition coefficient (Wildman–Crippen LogP) is 0.914. The van der Waals surface area contributed by atoms with Gasteiger partial charge < -0.3 is 15.5 Å². The second-order valence-electron chi connectivity index (χ2n) is 6.15. The van der Waals surface area contributed by atoms with Gasteiger partial charge in [-0.2, -0.15) is 0 Å². The van der Waals surface area contributed by atoms with Crippen LogP contribution in [0.15, 0.2) is 0 Å². The molecule has 1 aliphatic heterocycles. The van der Waals surface area contributed by atoms with Crippen LogP contribution in [0, 0.1) is 5.41 Å². The van der Waals surface area contributed by atoms with E-state index in [0.29, 0.717) is 0 Å². The van der Waals surface area contributed by atoms with Crippen molar-refractivity contribution in [2.45, 2.75) is 39.7 Å². The van der Waals surface area contributed by atoms with E-state index in [4.69, 9.17) is 5.73 Å². The highest BCUT2D eigenvalue weighted by molar-refractivity contribution is 5.82. The number of carbonyl (C=O) groups excluding carboxylic acids is 1. The highest BCUT2D eigenvalue weighted by Crippen LogP contribution is 2.18. The number of likely N-dealkylation sites (N-methyl/N-ethyl adjacent to an activating group) is 1. The second kappa shape index (κ2) is 5.83. The molecule has 0 saturated carbocycles. The van der Waals surface area contributed by atoms with Crippen LogP contribution in [0.25, 0.3) is 0 Å². The van der Waals surface area contributed by atoms with Crippen LogP contribution < -0.4 is 5.73 Å². The van der Waals surface area contributed by atoms with Crippen LogP contribution >= 0.6 is 0 Å². The Bertz CT molecular complexity index is 254. The Kier molecular flexibility index (Phi) is 4.95. The number of hydrogen-bond donors (Lipinski definition) is 1. The average Bonchev–Trinajstić information content (AvgIpc) is 2.75. The first-order valence-corrected chi connectivity index (χ1v) is 6.55. The molecule has 0 bridgehead atoms. The molecule has 0 aromatic rings. The van der Waals surface area contributed by atoms with Crippen LogP contribution in [-0.2, 0) is 4.79 Å². The fourth-order valence-corrected chi connectivity index (χ4v) is 2.02. The van der Waals surface area contributed by atoms with Crippen molar-refractivity contribution in [3.8, 4) is 0 Å². The molecule has 4 heteroatoms. The summed E-state index contributed by atoms with van der Waals surface area (Å²) in [6, 6.07) is -0.411. The molecule has 0 radical (unpaired) electrons. The van der Waals surface area contributed by atoms with Gasteiger partial charge in [-0.25, -0.2) is 0 Å². The molecule has 0 aliphatic carbocycles. The Hall–Kier alpha value is -0.610. The Balaban J connectivity index is 2.35. The van der Waals surface area contributed by atoms with E-state index in [-0.39, 0.29) is 11.3 Å². The van der Waals surface area contributed by atoms with E-state index < -0.39 is 6.04 Å². The average molecular weight is 241 g/mol. The number of nitrogens with zero attached hydrogens (tertiary/aromatic N) is 2. The van der Waals surface area contributed by atoms with E-state index in [2.05, 4.69) is 4.90 Å². The van der Waals surface area contributed by atoms with Crippen LogP contribution in [0.2, 0.25) is 0 Å². The van der Waals surface area contributed by atoms with Gasteiger partial charge in [0.2, 0.25) is 5.91 Å². The van der Waals surface area contributed by atoms with Crippen LogP contribution in [0.4, 0.5) is 0 Å². The van der Waals surface area contributed by atoms with Crippen molar-refractivity contribution in [3.05, 3.63) is 0 Å². The van der Waals surface area contributed by atoms with Gasteiger partial charge in [0.15, 0.2) is 0 Å². The van der Waals surface area contributed by atoms with E-state index in [1.807, 2.05) is 27.8 Å². The van der Waals surface area contributed by atoms with Crippen molar-refractivity contribution >= 4 is 5.91 Å². The summed E-state index contributed by atoms with van der Waals surface area (Å²) in [5.74, 6) is 0.0525. The van der Waals surface area contributed by atoms with E-state index in [9.17, 15) is 4.79 Å². The molecule has 17 heavy (non-hydrogen) atoms. The Morgan fingerprint density at radius 3 is 2.35 bits per heavy atom. The standard InChI is InChI=1S/C13H27N3O/c1-13(2,3)11(14)12(17)15(4)9-10-16-7-5-6-8-16/h11H,5-10,14H2,1-4H3. The third-order valence-electron chi connectivity index (χ3n) is 3.53. The van der Waals surface area contributed by atoms with Crippen molar-refractivity contribution in [2.75, 3.05) is 33.2 Å². The fourth-order valence-electron chi connectivity index (χ4n) is 2.02. The summed E-state index contributed by atoms with van der Waals surface area (Å²) in [6.07, 6.45) is 2.58. The zero-order chi connectivity index (χ0) is 13.1. The lowest BCUT2D eigenvalue weighted by molar-refractivity contribution is -0.133. The minimum atomic E-state index is -0.411. The molecule has 2 N–H and O–H groups in total. The third kappa shape index (κ3) is 4.28. The van der Waals surface area contributed by atoms with Gasteiger partial charge in [-0.1, -0.05) is 20.8 Å². The lowest BCUT2D eigenvalue weighted by Gasteiger charge is -2.30. The minimum absolute atomic E-state index is 0.0525. The topological polar surface area (TPSA) is 49.6 Å². The number of likely N-dealkylation sites (tertiary alicyclic amines) is 1. The molecular weight excluding hydrogens is 214 g/mol. The molecule has 1 aliphatic rings. The quantitative estimate of drug-likeness (QED) is 0.796. The molecule has 0 spiro atoms. The molecule has 1 atom stereocenters. The fraction of sp³-hybridized carbons (Fsp3) is 0.923. The Morgan fingerprint density at radius 2 is 1.88 bits per heavy atom. The Morgan fingerprint density at radius 1 is 1.35 bits per heavy atom. The monoisotopic (exact) mass is 241 g/mol. The summed E-state index contributed by atoms with van der Waals surface area (Å²) in [5, 5.41) is 0. The summed E-state index contributed by atoms with van der Waals surface area (Å²) in [5.41, 5.74) is 5.81. The molecule has 100 valence electrons. The van der Waals surface area contributed by atoms with Crippen molar-refractivity contribution < 1.29 is 4.79 Å². The van der Waals surface area contributed by atoms with E-state index in [1.165, 1.54) is 25.9 Å². The second-order valence-corrected chi connectivity index (χ2v) is 6.15. The highest BCUT2D eigenvalue weighted by atomic mass is 16.2. The smallest absolute Gasteiger partial charge is 0.239 e. The maximum atomic E-state index is 12.1. The largest absolute Gasteiger partial charge is 0.343 e. The molecular formula is C13H27N3O. The third-order valence-corrected chi connectivity index (χ3v) is 3.53. The van der Waals surface area contributed by atoms with Gasteiger partial charge in [-0.15, -0.1) is 0 Å². The normalized spacial score (nSPS) is 19.4. The van der Waals surface area contributed by atoms with Gasteiger partial charge in [0.05, 0.1) is 6.04 Å². The van der Waals surface area contributed by atoms with E-state index in [1.54, 1.807) is 4.90 Å². The zero-order valence-electron chi connectivity index (χ0n) is 11.7. The summed E-state index contributed by atoms with van der Waals surface area (Å²) in [6.45, 7) is 10.1. The summed E-state index contributed by atoms with van der Waals surface area (Å²) < 4.78 is 0. The van der Waals surface area contributed by atoms with Gasteiger partial charge in [0.25, 0.3) is 0 Å². The lowest BCUT2D eigenvalue weighted by Crippen LogP contribution is -2.50. The maximum Gasteiger partial charge on any atom is 0.239 e. The number of amides is 1. The van der Waals surface area contributed by atoms with Crippen molar-refractivity contribution in [3.63, 3.8) is 0 Å². The van der Waals surface area contributed by atoms with Crippen LogP contribution in [0.5, 0.6) is 0 Å². The van der Waals surface area contributed by atoms with E-state index in [0.717, 1.165) is 13.1 Å². The number of carbonyl (C=O) groups is 1. The molecule has 0 aromatic carbocycles. The Labute approximate surface area is 105 Å². The molecule has 1 saturated heterocycles. The van der Waals surface area contributed by atoms with Gasteiger partial charge in [0.1, 0.15) is 0 Å². The maximum absolute atomic E-state index is 12.1. The van der Waals surface area contributed by atoms with Crippen LogP contribution in [-0.4, -0.2) is 55.0 Å². The lowest BCUT2D eigenvalue weighted by atomic mass is 9.86. The van der Waals surface area contributed by atoms with Crippen LogP contribution in [0.3, 0.4) is 0 Å². The zero-order valence-corrected chi connectivity index (χ0v) is 11.7. The number of rotatable bonds is 4. The van der Waals surface area contributed by atoms with Crippen molar-refractivity contribution in [1.29, 1.82) is 0 Å². The highest BCUT2D eigenvalue weighted by Gasteiger charge is 2.29. The van der Waals surface area contributed by atoms with Crippen molar-refractivity contribution in [2.24, 2.45) is 11.1 Å². The summed E-state index contributed by atoms with van der Waals surface area (Å²) in [7, 11) is 1.85. The molecule has 1 amide bonds. The molecule has 1 heterocycles. The van der Waals surface area contributed by atoms with Gasteiger partial charge in [0, 0.05) is 20.1 Å². The number of hydrogen-bond acceptors (Lipinski definition) is 3. The first-order valence-electron chi connectivity index (χ1n) is 6.55. The first kappa shape index (κ1) is 14.5. The summed E-state index contributed by atoms with van der Waals surface area (Å²) in [4.78, 5) is 16.3. The van der Waals surface area contributed by atoms with Crippen molar-refractivity contribution in [1.82, 2.24) is 9.80 Å². The molecule has 1 unspecified atom stereocenters. The van der Waals surface area contributed by atoms with Gasteiger partial charge in [-0.3, -0.25) is 4.79 Å². The van der Waals surface area contributed by atoms with Gasteiger partial charge in [-0.05, 0) is 31.3 Å². The SMILES string of the molecule is CN(CCN1CCCC1)C(=O)C(N)C(C)(C)C. The minimum Gasteiger partial charge on any atom is -0.343 e. The molecule has 4 nitrogen and oxygen atoms in total. The first-order chi connectivity index (χ1) is 7.82. The predicted molar refractivity (Wildman–Crippen MR) is 70.7 cm³/mol. The molecule has 1 rings (SSSR count). The number of nitrogens with two attached hydrogens (primary N) is 1. The summed E-state index contributed by atoms with van der Waals surface area (Å²) >= 11 is 0. The van der Waals surface area contributed by atoms with Crippen LogP contribution in [0.1, 0.15) is 33.6 Å².